The fraction of sp³-hybridized carbons (Fsp3) is 0.500. The number of nitrogens with one attached hydrogen (secondary N) is 2. The lowest BCUT2D eigenvalue weighted by molar-refractivity contribution is 0.0364. The van der Waals surface area contributed by atoms with E-state index in [1.807, 2.05) is 26.0 Å². The molecule has 0 saturated carbocycles. The van der Waals surface area contributed by atoms with Gasteiger partial charge in [0.1, 0.15) is 5.65 Å². The highest BCUT2D eigenvalue weighted by Crippen LogP contribution is 2.27. The maximum absolute atomic E-state index is 14.2. The van der Waals surface area contributed by atoms with Gasteiger partial charge in [0.25, 0.3) is 5.56 Å². The number of rotatable bonds is 12. The molecule has 2 N–H and O–H groups in total. The topological polar surface area (TPSA) is 135 Å². The van der Waals surface area contributed by atoms with Gasteiger partial charge in [-0.1, -0.05) is 13.8 Å². The summed E-state index contributed by atoms with van der Waals surface area (Å²) in [5.41, 5.74) is 3.75. The number of morpholine rings is 1. The molecule has 49 heavy (non-hydrogen) atoms. The summed E-state index contributed by atoms with van der Waals surface area (Å²) in [6.07, 6.45) is 5.91. The quantitative estimate of drug-likeness (QED) is 0.221. The third-order valence-corrected chi connectivity index (χ3v) is 11.3. The molecule has 3 aromatic heterocycles. The van der Waals surface area contributed by atoms with E-state index in [0.717, 1.165) is 50.4 Å². The number of aryl methyl sites for hydroxylation is 1. The number of benzene rings is 1. The van der Waals surface area contributed by atoms with Gasteiger partial charge >= 0.3 is 0 Å². The van der Waals surface area contributed by atoms with Crippen molar-refractivity contribution in [2.24, 2.45) is 5.92 Å². The minimum absolute atomic E-state index is 0.0583. The zero-order valence-corrected chi connectivity index (χ0v) is 29.8. The smallest absolute Gasteiger partial charge is 0.261 e. The first-order valence-electron chi connectivity index (χ1n) is 17.3. The minimum Gasteiger partial charge on any atom is -0.379 e. The normalized spacial score (nSPS) is 16.3. The zero-order chi connectivity index (χ0) is 34.5. The summed E-state index contributed by atoms with van der Waals surface area (Å²) in [6, 6.07) is 12.2. The number of piperidine rings is 1. The van der Waals surface area contributed by atoms with Gasteiger partial charge in [0.2, 0.25) is 5.95 Å². The molecule has 0 amide bonds. The Morgan fingerprint density at radius 1 is 1.04 bits per heavy atom. The van der Waals surface area contributed by atoms with Crippen molar-refractivity contribution in [3.8, 4) is 11.3 Å². The number of anilines is 3. The predicted octanol–water partition coefficient (Wildman–Crippen LogP) is 4.25. The Morgan fingerprint density at radius 3 is 2.47 bits per heavy atom. The fourth-order valence-corrected chi connectivity index (χ4v) is 8.07. The Bertz CT molecular complexity index is 1920. The molecule has 6 rings (SSSR count). The molecule has 0 aliphatic carbocycles. The number of nitrogens with zero attached hydrogens (tertiary/aromatic N) is 6. The summed E-state index contributed by atoms with van der Waals surface area (Å²) >= 11 is 0. The van der Waals surface area contributed by atoms with E-state index in [2.05, 4.69) is 49.6 Å². The Balaban J connectivity index is 1.31. The molecule has 2 aliphatic rings. The number of ether oxygens (including phenoxy) is 1. The number of pyridine rings is 2. The largest absolute Gasteiger partial charge is 0.379 e. The SMILES string of the molecule is Cc1cc(S(=O)(=O)CCC(C)C)cnc1-c1cc2cnc(Nc3ccc(N(C)C4CCNCC4)cc3)nc2n(CCN2CCOCC2)c1=O. The number of sulfone groups is 1. The summed E-state index contributed by atoms with van der Waals surface area (Å²) in [5.74, 6) is 0.721. The van der Waals surface area contributed by atoms with Gasteiger partial charge in [-0.3, -0.25) is 19.2 Å². The first kappa shape index (κ1) is 34.9. The molecule has 262 valence electrons. The number of aromatic nitrogens is 4. The standard InChI is InChI=1S/C36H48N8O4S/c1-25(2)11-20-49(46,47)31-21-26(3)33(38-24-31)32-22-27-23-39-36(41-34(27)44(35(32)45)15-14-43-16-18-48-19-17-43)40-28-5-7-29(8-6-28)42(4)30-9-12-37-13-10-30/h5-8,21-25,30,37H,9-20H2,1-4H3,(H,39,40,41). The molecule has 12 nitrogen and oxygen atoms in total. The molecule has 2 saturated heterocycles. The molecule has 1 aromatic carbocycles. The Labute approximate surface area is 288 Å². The zero-order valence-electron chi connectivity index (χ0n) is 29.0. The van der Waals surface area contributed by atoms with E-state index in [-0.39, 0.29) is 22.1 Å². The van der Waals surface area contributed by atoms with Crippen LogP contribution in [0.15, 0.2) is 58.5 Å². The molecule has 13 heteroatoms. The van der Waals surface area contributed by atoms with Crippen LogP contribution in [-0.2, 0) is 21.1 Å². The molecule has 0 spiro atoms. The van der Waals surface area contributed by atoms with Crippen molar-refractivity contribution in [1.82, 2.24) is 29.7 Å². The summed E-state index contributed by atoms with van der Waals surface area (Å²) in [5, 5.41) is 7.44. The van der Waals surface area contributed by atoms with Gasteiger partial charge in [0, 0.05) is 68.4 Å². The average molecular weight is 689 g/mol. The lowest BCUT2D eigenvalue weighted by Crippen LogP contribution is -2.41. The number of fused-ring (bicyclic) bond motifs is 1. The average Bonchev–Trinajstić information content (AvgIpc) is 3.11. The predicted molar refractivity (Wildman–Crippen MR) is 195 cm³/mol. The van der Waals surface area contributed by atoms with E-state index in [4.69, 9.17) is 9.72 Å². The van der Waals surface area contributed by atoms with Crippen molar-refractivity contribution in [1.29, 1.82) is 0 Å². The molecule has 2 fully saturated rings. The Hall–Kier alpha value is -3.91. The van der Waals surface area contributed by atoms with Crippen LogP contribution in [0.2, 0.25) is 0 Å². The van der Waals surface area contributed by atoms with E-state index in [1.54, 1.807) is 29.8 Å². The van der Waals surface area contributed by atoms with Crippen LogP contribution in [0.25, 0.3) is 22.3 Å². The Kier molecular flexibility index (Phi) is 10.9. The maximum atomic E-state index is 14.2. The van der Waals surface area contributed by atoms with Gasteiger partial charge in [-0.05, 0) is 87.2 Å². The third kappa shape index (κ3) is 8.29. The highest BCUT2D eigenvalue weighted by molar-refractivity contribution is 7.91. The lowest BCUT2D eigenvalue weighted by Gasteiger charge is -2.33. The van der Waals surface area contributed by atoms with Crippen LogP contribution in [0.4, 0.5) is 17.3 Å². The summed E-state index contributed by atoms with van der Waals surface area (Å²) < 4.78 is 33.2. The van der Waals surface area contributed by atoms with E-state index in [0.29, 0.717) is 72.6 Å². The van der Waals surface area contributed by atoms with Crippen molar-refractivity contribution >= 4 is 38.2 Å². The van der Waals surface area contributed by atoms with Crippen molar-refractivity contribution in [3.63, 3.8) is 0 Å². The van der Waals surface area contributed by atoms with Gasteiger partial charge in [-0.25, -0.2) is 13.4 Å². The molecule has 5 heterocycles. The molecule has 4 aromatic rings. The second-order valence-corrected chi connectivity index (χ2v) is 15.7. The third-order valence-electron chi connectivity index (χ3n) is 9.59. The highest BCUT2D eigenvalue weighted by atomic mass is 32.2. The monoisotopic (exact) mass is 688 g/mol. The van der Waals surface area contributed by atoms with E-state index in [1.165, 1.54) is 6.20 Å². The van der Waals surface area contributed by atoms with Gasteiger partial charge in [0.05, 0.1) is 35.1 Å². The first-order chi connectivity index (χ1) is 23.6. The lowest BCUT2D eigenvalue weighted by atomic mass is 10.0. The van der Waals surface area contributed by atoms with Crippen LogP contribution in [-0.4, -0.2) is 97.6 Å². The van der Waals surface area contributed by atoms with Gasteiger partial charge in [0.15, 0.2) is 9.84 Å². The molecule has 2 aliphatic heterocycles. The first-order valence-corrected chi connectivity index (χ1v) is 19.0. The molecule has 0 bridgehead atoms. The van der Waals surface area contributed by atoms with E-state index < -0.39 is 9.84 Å². The molecular weight excluding hydrogens is 641 g/mol. The second-order valence-electron chi connectivity index (χ2n) is 13.5. The van der Waals surface area contributed by atoms with Crippen molar-refractivity contribution in [2.75, 3.05) is 69.0 Å². The molecule has 0 atom stereocenters. The molecular formula is C36H48N8O4S. The maximum Gasteiger partial charge on any atom is 0.261 e. The van der Waals surface area contributed by atoms with Crippen LogP contribution >= 0.6 is 0 Å². The number of hydrogen-bond donors (Lipinski definition) is 2. The minimum atomic E-state index is -3.49. The second kappa shape index (κ2) is 15.3. The molecule has 0 unspecified atom stereocenters. The van der Waals surface area contributed by atoms with Crippen LogP contribution in [0.1, 0.15) is 38.7 Å². The van der Waals surface area contributed by atoms with Crippen molar-refractivity contribution < 1.29 is 13.2 Å². The van der Waals surface area contributed by atoms with E-state index in [9.17, 15) is 13.2 Å². The summed E-state index contributed by atoms with van der Waals surface area (Å²) in [4.78, 5) is 33.0. The molecule has 0 radical (unpaired) electrons. The van der Waals surface area contributed by atoms with Crippen LogP contribution in [0.3, 0.4) is 0 Å². The number of hydrogen-bond acceptors (Lipinski definition) is 11. The van der Waals surface area contributed by atoms with Crippen molar-refractivity contribution in [3.05, 3.63) is 64.7 Å². The van der Waals surface area contributed by atoms with Crippen molar-refractivity contribution in [2.45, 2.75) is 57.5 Å². The van der Waals surface area contributed by atoms with Gasteiger partial charge < -0.3 is 20.3 Å². The van der Waals surface area contributed by atoms with Crippen LogP contribution < -0.4 is 21.1 Å². The fourth-order valence-electron chi connectivity index (χ4n) is 6.49. The Morgan fingerprint density at radius 2 is 1.78 bits per heavy atom. The van der Waals surface area contributed by atoms with E-state index >= 15 is 0 Å². The van der Waals surface area contributed by atoms with Crippen LogP contribution in [0.5, 0.6) is 0 Å². The van der Waals surface area contributed by atoms with Gasteiger partial charge in [-0.2, -0.15) is 4.98 Å². The summed E-state index contributed by atoms with van der Waals surface area (Å²) in [7, 11) is -1.34. The summed E-state index contributed by atoms with van der Waals surface area (Å²) in [6.45, 7) is 11.9. The van der Waals surface area contributed by atoms with Gasteiger partial charge in [-0.15, -0.1) is 0 Å². The highest BCUT2D eigenvalue weighted by Gasteiger charge is 2.22. The van der Waals surface area contributed by atoms with Crippen LogP contribution in [0, 0.1) is 12.8 Å².